The summed E-state index contributed by atoms with van der Waals surface area (Å²) in [6, 6.07) is 10.7. The number of hydrogen-bond acceptors (Lipinski definition) is 3. The number of piperazine rings is 1. The zero-order valence-electron chi connectivity index (χ0n) is 13.1. The predicted molar refractivity (Wildman–Crippen MR) is 84.3 cm³/mol. The first kappa shape index (κ1) is 15.3. The second kappa shape index (κ2) is 7.09. The van der Waals surface area contributed by atoms with Gasteiger partial charge in [0.1, 0.15) is 12.4 Å². The summed E-state index contributed by atoms with van der Waals surface area (Å²) in [6.07, 6.45) is 2.50. The number of nitrogens with zero attached hydrogens (tertiary/aromatic N) is 1. The van der Waals surface area contributed by atoms with Crippen LogP contribution < -0.4 is 10.1 Å². The van der Waals surface area contributed by atoms with E-state index in [9.17, 15) is 0 Å². The van der Waals surface area contributed by atoms with E-state index in [2.05, 4.69) is 31.0 Å². The fraction of sp³-hybridized carbons (Fsp3) is 0.647. The molecule has 1 N–H and O–H groups in total. The second-order valence-corrected chi connectivity index (χ2v) is 6.29. The lowest BCUT2D eigenvalue weighted by atomic mass is 9.96. The molecule has 0 aromatic heterocycles. The standard InChI is InChI=1S/C17H28N2O/c1-4-8-15-13-19(17(2,3)14-18-15)11-12-20-16-9-6-5-7-10-16/h5-7,9-10,15,18H,4,8,11-14H2,1-3H3. The molecule has 0 radical (unpaired) electrons. The van der Waals surface area contributed by atoms with Crippen molar-refractivity contribution in [3.63, 3.8) is 0 Å². The molecule has 3 nitrogen and oxygen atoms in total. The third-order valence-electron chi connectivity index (χ3n) is 4.13. The number of ether oxygens (including phenoxy) is 1. The minimum atomic E-state index is 0.213. The van der Waals surface area contributed by atoms with E-state index in [0.29, 0.717) is 6.04 Å². The van der Waals surface area contributed by atoms with Crippen LogP contribution in [0.25, 0.3) is 0 Å². The normalized spacial score (nSPS) is 22.6. The van der Waals surface area contributed by atoms with E-state index >= 15 is 0 Å². The molecule has 1 aliphatic heterocycles. The highest BCUT2D eigenvalue weighted by Gasteiger charge is 2.33. The Hall–Kier alpha value is -1.06. The molecular formula is C17H28N2O. The van der Waals surface area contributed by atoms with Gasteiger partial charge in [-0.1, -0.05) is 31.5 Å². The van der Waals surface area contributed by atoms with Gasteiger partial charge in [-0.3, -0.25) is 4.90 Å². The van der Waals surface area contributed by atoms with Gasteiger partial charge in [0.25, 0.3) is 0 Å². The van der Waals surface area contributed by atoms with Crippen LogP contribution in [0.1, 0.15) is 33.6 Å². The van der Waals surface area contributed by atoms with Gasteiger partial charge in [0.05, 0.1) is 0 Å². The Kier molecular flexibility index (Phi) is 5.44. The minimum absolute atomic E-state index is 0.213. The Morgan fingerprint density at radius 3 is 2.75 bits per heavy atom. The average Bonchev–Trinajstić information content (AvgIpc) is 2.44. The molecule has 2 rings (SSSR count). The van der Waals surface area contributed by atoms with Gasteiger partial charge < -0.3 is 10.1 Å². The van der Waals surface area contributed by atoms with Crippen LogP contribution in [-0.4, -0.2) is 42.7 Å². The fourth-order valence-electron chi connectivity index (χ4n) is 2.81. The van der Waals surface area contributed by atoms with E-state index < -0.39 is 0 Å². The highest BCUT2D eigenvalue weighted by molar-refractivity contribution is 5.20. The maximum absolute atomic E-state index is 5.84. The predicted octanol–water partition coefficient (Wildman–Crippen LogP) is 2.92. The Labute approximate surface area is 123 Å². The summed E-state index contributed by atoms with van der Waals surface area (Å²) >= 11 is 0. The minimum Gasteiger partial charge on any atom is -0.492 e. The lowest BCUT2D eigenvalue weighted by molar-refractivity contribution is 0.0509. The number of para-hydroxylation sites is 1. The monoisotopic (exact) mass is 276 g/mol. The summed E-state index contributed by atoms with van der Waals surface area (Å²) in [4.78, 5) is 2.56. The molecule has 1 aromatic rings. The number of benzene rings is 1. The molecule has 1 heterocycles. The van der Waals surface area contributed by atoms with Crippen molar-refractivity contribution in [3.05, 3.63) is 30.3 Å². The van der Waals surface area contributed by atoms with Gasteiger partial charge in [-0.25, -0.2) is 0 Å². The summed E-state index contributed by atoms with van der Waals surface area (Å²) in [7, 11) is 0. The molecule has 1 aromatic carbocycles. The third-order valence-corrected chi connectivity index (χ3v) is 4.13. The molecule has 0 spiro atoms. The summed E-state index contributed by atoms with van der Waals surface area (Å²) in [5, 5.41) is 3.67. The smallest absolute Gasteiger partial charge is 0.119 e. The first-order chi connectivity index (χ1) is 9.62. The molecule has 0 saturated carbocycles. The van der Waals surface area contributed by atoms with E-state index in [1.165, 1.54) is 12.8 Å². The van der Waals surface area contributed by atoms with Crippen LogP contribution in [0.3, 0.4) is 0 Å². The zero-order valence-corrected chi connectivity index (χ0v) is 13.1. The van der Waals surface area contributed by atoms with E-state index in [-0.39, 0.29) is 5.54 Å². The lowest BCUT2D eigenvalue weighted by Gasteiger charge is -2.46. The Bertz CT molecular complexity index is 391. The van der Waals surface area contributed by atoms with E-state index in [4.69, 9.17) is 4.74 Å². The average molecular weight is 276 g/mol. The number of nitrogens with one attached hydrogen (secondary N) is 1. The maximum atomic E-state index is 5.84. The molecule has 20 heavy (non-hydrogen) atoms. The molecule has 1 atom stereocenters. The van der Waals surface area contributed by atoms with Gasteiger partial charge in [0.2, 0.25) is 0 Å². The molecular weight excluding hydrogens is 248 g/mol. The molecule has 0 amide bonds. The van der Waals surface area contributed by atoms with E-state index in [0.717, 1.165) is 32.0 Å². The van der Waals surface area contributed by atoms with Gasteiger partial charge in [-0.2, -0.15) is 0 Å². The van der Waals surface area contributed by atoms with Crippen molar-refractivity contribution in [2.45, 2.75) is 45.2 Å². The number of rotatable bonds is 6. The Morgan fingerprint density at radius 2 is 2.05 bits per heavy atom. The van der Waals surface area contributed by atoms with Gasteiger partial charge in [-0.15, -0.1) is 0 Å². The maximum Gasteiger partial charge on any atom is 0.119 e. The lowest BCUT2D eigenvalue weighted by Crippen LogP contribution is -2.62. The highest BCUT2D eigenvalue weighted by Crippen LogP contribution is 2.20. The molecule has 1 unspecified atom stereocenters. The van der Waals surface area contributed by atoms with Gasteiger partial charge in [-0.05, 0) is 32.4 Å². The van der Waals surface area contributed by atoms with Crippen LogP contribution in [0.2, 0.25) is 0 Å². The van der Waals surface area contributed by atoms with Gasteiger partial charge in [0.15, 0.2) is 0 Å². The topological polar surface area (TPSA) is 24.5 Å². The summed E-state index contributed by atoms with van der Waals surface area (Å²) in [6.45, 7) is 10.8. The van der Waals surface area contributed by atoms with Crippen LogP contribution in [0.15, 0.2) is 30.3 Å². The van der Waals surface area contributed by atoms with Crippen LogP contribution in [-0.2, 0) is 0 Å². The van der Waals surface area contributed by atoms with Crippen molar-refractivity contribution in [2.75, 3.05) is 26.2 Å². The van der Waals surface area contributed by atoms with Gasteiger partial charge in [0, 0.05) is 31.2 Å². The molecule has 0 aliphatic carbocycles. The van der Waals surface area contributed by atoms with Crippen molar-refractivity contribution in [3.8, 4) is 5.75 Å². The first-order valence-corrected chi connectivity index (χ1v) is 7.78. The molecule has 0 bridgehead atoms. The van der Waals surface area contributed by atoms with Crippen molar-refractivity contribution in [1.29, 1.82) is 0 Å². The summed E-state index contributed by atoms with van der Waals surface area (Å²) < 4.78 is 5.84. The van der Waals surface area contributed by atoms with E-state index in [1.807, 2.05) is 30.3 Å². The molecule has 1 fully saturated rings. The number of hydrogen-bond donors (Lipinski definition) is 1. The zero-order chi connectivity index (χ0) is 14.4. The summed E-state index contributed by atoms with van der Waals surface area (Å²) in [5.41, 5.74) is 0.213. The van der Waals surface area contributed by atoms with Crippen LogP contribution in [0.5, 0.6) is 5.75 Å². The quantitative estimate of drug-likeness (QED) is 0.864. The van der Waals surface area contributed by atoms with Crippen molar-refractivity contribution < 1.29 is 4.74 Å². The third kappa shape index (κ3) is 4.22. The van der Waals surface area contributed by atoms with Crippen LogP contribution in [0.4, 0.5) is 0 Å². The largest absolute Gasteiger partial charge is 0.492 e. The first-order valence-electron chi connectivity index (χ1n) is 7.78. The molecule has 1 aliphatic rings. The Morgan fingerprint density at radius 1 is 1.30 bits per heavy atom. The fourth-order valence-corrected chi connectivity index (χ4v) is 2.81. The Balaban J connectivity index is 1.82. The molecule has 3 heteroatoms. The highest BCUT2D eigenvalue weighted by atomic mass is 16.5. The van der Waals surface area contributed by atoms with Gasteiger partial charge >= 0.3 is 0 Å². The van der Waals surface area contributed by atoms with Crippen LogP contribution >= 0.6 is 0 Å². The van der Waals surface area contributed by atoms with Crippen molar-refractivity contribution in [1.82, 2.24) is 10.2 Å². The summed E-state index contributed by atoms with van der Waals surface area (Å²) in [5.74, 6) is 0.963. The van der Waals surface area contributed by atoms with Crippen molar-refractivity contribution >= 4 is 0 Å². The van der Waals surface area contributed by atoms with Crippen LogP contribution in [0, 0.1) is 0 Å². The van der Waals surface area contributed by atoms with E-state index in [1.54, 1.807) is 0 Å². The SMILES string of the molecule is CCCC1CN(CCOc2ccccc2)C(C)(C)CN1. The molecule has 112 valence electrons. The van der Waals surface area contributed by atoms with Crippen molar-refractivity contribution in [2.24, 2.45) is 0 Å². The molecule has 1 saturated heterocycles. The second-order valence-electron chi connectivity index (χ2n) is 6.29.